The van der Waals surface area contributed by atoms with E-state index in [-0.39, 0.29) is 5.91 Å². The lowest BCUT2D eigenvalue weighted by molar-refractivity contribution is 0.0955. The number of nitrogens with two attached hydrogens (primary N) is 1. The van der Waals surface area contributed by atoms with Crippen LogP contribution in [-0.4, -0.2) is 30.6 Å². The minimum Gasteiger partial charge on any atom is -0.400 e. The molecule has 0 saturated carbocycles. The van der Waals surface area contributed by atoms with Crippen LogP contribution in [0.3, 0.4) is 0 Å². The highest BCUT2D eigenvalue weighted by atomic mass is 16.2. The number of hydrogen-bond acceptors (Lipinski definition) is 4. The van der Waals surface area contributed by atoms with Crippen LogP contribution in [-0.2, 0) is 0 Å². The van der Waals surface area contributed by atoms with Crippen LogP contribution in [0.4, 0.5) is 0 Å². The van der Waals surface area contributed by atoms with E-state index in [1.807, 2.05) is 19.1 Å². The summed E-state index contributed by atoms with van der Waals surface area (Å²) in [6, 6.07) is 5.61. The molecular formula is C16H20N4O. The summed E-state index contributed by atoms with van der Waals surface area (Å²) in [7, 11) is 0. The van der Waals surface area contributed by atoms with Gasteiger partial charge in [-0.1, -0.05) is 18.7 Å². The number of nitrogens with zero attached hydrogens (tertiary/aromatic N) is 2. The fourth-order valence-electron chi connectivity index (χ4n) is 2.64. The van der Waals surface area contributed by atoms with Crippen LogP contribution in [0.1, 0.15) is 27.9 Å². The average Bonchev–Trinajstić information content (AvgIpc) is 2.47. The van der Waals surface area contributed by atoms with Crippen molar-refractivity contribution in [2.75, 3.05) is 13.1 Å². The number of hydrogen-bond donors (Lipinski definition) is 2. The fraction of sp³-hybridized carbons (Fsp3) is 0.250. The Labute approximate surface area is 124 Å². The predicted molar refractivity (Wildman–Crippen MR) is 85.7 cm³/mol. The molecule has 2 rings (SSSR count). The average molecular weight is 284 g/mol. The van der Waals surface area contributed by atoms with Crippen molar-refractivity contribution in [3.63, 3.8) is 0 Å². The number of hydrazone groups is 1. The molecule has 1 amide bonds. The van der Waals surface area contributed by atoms with E-state index in [1.165, 1.54) is 0 Å². The van der Waals surface area contributed by atoms with Gasteiger partial charge in [-0.15, -0.1) is 0 Å². The van der Waals surface area contributed by atoms with Crippen LogP contribution in [0.5, 0.6) is 0 Å². The lowest BCUT2D eigenvalue weighted by atomic mass is 9.89. The van der Waals surface area contributed by atoms with Gasteiger partial charge >= 0.3 is 0 Å². The number of nitrogens with one attached hydrogen (secondary N) is 1. The largest absolute Gasteiger partial charge is 0.400 e. The molecule has 0 bridgehead atoms. The molecule has 21 heavy (non-hydrogen) atoms. The molecule has 1 aromatic carbocycles. The Bertz CT molecular complexity index is 619. The van der Waals surface area contributed by atoms with Gasteiger partial charge in [-0.05, 0) is 42.3 Å². The Hall–Kier alpha value is -2.56. The SMILES string of the molecule is C=CN1CCC(c2c(C)cccc2C(=O)NN=C)=C(N)C1. The van der Waals surface area contributed by atoms with Crippen LogP contribution >= 0.6 is 0 Å². The van der Waals surface area contributed by atoms with Gasteiger partial charge in [0, 0.05) is 24.5 Å². The molecule has 5 heteroatoms. The summed E-state index contributed by atoms with van der Waals surface area (Å²) in [6.45, 7) is 10.5. The van der Waals surface area contributed by atoms with Crippen molar-refractivity contribution < 1.29 is 4.79 Å². The predicted octanol–water partition coefficient (Wildman–Crippen LogP) is 1.86. The number of benzene rings is 1. The molecule has 0 aromatic heterocycles. The van der Waals surface area contributed by atoms with Crippen molar-refractivity contribution in [3.8, 4) is 0 Å². The Morgan fingerprint density at radius 3 is 2.90 bits per heavy atom. The van der Waals surface area contributed by atoms with E-state index in [0.717, 1.165) is 35.4 Å². The number of carbonyl (C=O) groups excluding carboxylic acids is 1. The smallest absolute Gasteiger partial charge is 0.271 e. The molecule has 5 nitrogen and oxygen atoms in total. The molecule has 0 aliphatic carbocycles. The topological polar surface area (TPSA) is 70.7 Å². The fourth-order valence-corrected chi connectivity index (χ4v) is 2.64. The van der Waals surface area contributed by atoms with Crippen molar-refractivity contribution in [3.05, 3.63) is 53.4 Å². The quantitative estimate of drug-likeness (QED) is 0.655. The zero-order chi connectivity index (χ0) is 15.4. The minimum atomic E-state index is -0.268. The second kappa shape index (κ2) is 6.26. The molecule has 0 unspecified atom stereocenters. The van der Waals surface area contributed by atoms with Gasteiger partial charge in [0.05, 0.1) is 6.54 Å². The number of carbonyl (C=O) groups is 1. The highest BCUT2D eigenvalue weighted by Gasteiger charge is 2.22. The summed E-state index contributed by atoms with van der Waals surface area (Å²) in [6.07, 6.45) is 2.57. The van der Waals surface area contributed by atoms with Crippen molar-refractivity contribution in [2.45, 2.75) is 13.3 Å². The molecule has 1 aliphatic rings. The maximum atomic E-state index is 12.2. The normalized spacial score (nSPS) is 14.8. The lowest BCUT2D eigenvalue weighted by Crippen LogP contribution is -2.30. The van der Waals surface area contributed by atoms with Crippen LogP contribution in [0.25, 0.3) is 5.57 Å². The van der Waals surface area contributed by atoms with Gasteiger partial charge < -0.3 is 10.6 Å². The summed E-state index contributed by atoms with van der Waals surface area (Å²) in [4.78, 5) is 14.2. The molecule has 1 aromatic rings. The first-order chi connectivity index (χ1) is 10.1. The summed E-state index contributed by atoms with van der Waals surface area (Å²) in [5, 5.41) is 3.45. The van der Waals surface area contributed by atoms with E-state index in [0.29, 0.717) is 12.1 Å². The van der Waals surface area contributed by atoms with Crippen LogP contribution in [0, 0.1) is 6.92 Å². The van der Waals surface area contributed by atoms with Gasteiger partial charge in [-0.25, -0.2) is 5.43 Å². The molecule has 0 spiro atoms. The zero-order valence-electron chi connectivity index (χ0n) is 12.2. The Balaban J connectivity index is 2.50. The Morgan fingerprint density at radius 2 is 2.29 bits per heavy atom. The van der Waals surface area contributed by atoms with Gasteiger partial charge in [-0.3, -0.25) is 4.79 Å². The van der Waals surface area contributed by atoms with Crippen molar-refractivity contribution in [2.24, 2.45) is 10.8 Å². The van der Waals surface area contributed by atoms with Crippen molar-refractivity contribution >= 4 is 18.2 Å². The maximum absolute atomic E-state index is 12.2. The van der Waals surface area contributed by atoms with Gasteiger partial charge in [0.15, 0.2) is 0 Å². The van der Waals surface area contributed by atoms with Crippen molar-refractivity contribution in [1.29, 1.82) is 0 Å². The molecule has 1 aliphatic heterocycles. The van der Waals surface area contributed by atoms with Gasteiger partial charge in [-0.2, -0.15) is 5.10 Å². The first-order valence-electron chi connectivity index (χ1n) is 6.78. The molecule has 0 saturated heterocycles. The Morgan fingerprint density at radius 1 is 1.52 bits per heavy atom. The molecule has 0 fully saturated rings. The third-order valence-corrected chi connectivity index (χ3v) is 3.67. The van der Waals surface area contributed by atoms with Crippen LogP contribution in [0.2, 0.25) is 0 Å². The lowest BCUT2D eigenvalue weighted by Gasteiger charge is -2.29. The minimum absolute atomic E-state index is 0.268. The number of aryl methyl sites for hydroxylation is 1. The van der Waals surface area contributed by atoms with E-state index in [1.54, 1.807) is 12.3 Å². The van der Waals surface area contributed by atoms with Crippen LogP contribution < -0.4 is 11.2 Å². The molecule has 0 radical (unpaired) electrons. The third kappa shape index (κ3) is 2.97. The summed E-state index contributed by atoms with van der Waals surface area (Å²) >= 11 is 0. The monoisotopic (exact) mass is 284 g/mol. The highest BCUT2D eigenvalue weighted by molar-refractivity contribution is 6.00. The second-order valence-electron chi connectivity index (χ2n) is 5.00. The number of amides is 1. The molecule has 110 valence electrons. The second-order valence-corrected chi connectivity index (χ2v) is 5.00. The zero-order valence-corrected chi connectivity index (χ0v) is 12.2. The number of rotatable bonds is 4. The van der Waals surface area contributed by atoms with Gasteiger partial charge in [0.1, 0.15) is 0 Å². The van der Waals surface area contributed by atoms with Crippen molar-refractivity contribution in [1.82, 2.24) is 10.3 Å². The van der Waals surface area contributed by atoms with E-state index in [4.69, 9.17) is 5.73 Å². The summed E-state index contributed by atoms with van der Waals surface area (Å²) in [5.41, 5.74) is 12.9. The van der Waals surface area contributed by atoms with Crippen LogP contribution in [0.15, 0.2) is 41.8 Å². The maximum Gasteiger partial charge on any atom is 0.271 e. The van der Waals surface area contributed by atoms with E-state index in [2.05, 4.69) is 28.7 Å². The Kier molecular flexibility index (Phi) is 4.42. The van der Waals surface area contributed by atoms with Gasteiger partial charge in [0.25, 0.3) is 5.91 Å². The highest BCUT2D eigenvalue weighted by Crippen LogP contribution is 2.30. The molecular weight excluding hydrogens is 264 g/mol. The van der Waals surface area contributed by atoms with Gasteiger partial charge in [0.2, 0.25) is 0 Å². The molecule has 0 atom stereocenters. The molecule has 3 N–H and O–H groups in total. The summed E-state index contributed by atoms with van der Waals surface area (Å²) in [5.74, 6) is -0.268. The first kappa shape index (κ1) is 14.8. The van der Waals surface area contributed by atoms with E-state index < -0.39 is 0 Å². The third-order valence-electron chi connectivity index (χ3n) is 3.67. The molecule has 1 heterocycles. The van der Waals surface area contributed by atoms with E-state index >= 15 is 0 Å². The first-order valence-corrected chi connectivity index (χ1v) is 6.78. The van der Waals surface area contributed by atoms with E-state index in [9.17, 15) is 4.79 Å². The standard InChI is InChI=1S/C16H20N4O/c1-4-20-9-8-12(14(17)10-20)15-11(2)6-5-7-13(15)16(21)19-18-3/h4-7H,1,3,8-10,17H2,2H3,(H,19,21). The summed E-state index contributed by atoms with van der Waals surface area (Å²) < 4.78 is 0.